The first-order chi connectivity index (χ1) is 17.5. The molecule has 0 amide bonds. The second-order valence-corrected chi connectivity index (χ2v) is 10.7. The topological polar surface area (TPSA) is 185 Å². The third-order valence-corrected chi connectivity index (χ3v) is 5.78. The summed E-state index contributed by atoms with van der Waals surface area (Å²) in [4.78, 5) is 35.5. The van der Waals surface area contributed by atoms with Crippen molar-refractivity contribution in [3.05, 3.63) is 12.7 Å². The largest absolute Gasteiger partial charge is 0.510 e. The maximum Gasteiger partial charge on any atom is 0.510 e. The van der Waals surface area contributed by atoms with E-state index >= 15 is 0 Å². The van der Waals surface area contributed by atoms with Crippen LogP contribution >= 0.6 is 7.60 Å². The van der Waals surface area contributed by atoms with E-state index in [0.29, 0.717) is 11.2 Å². The van der Waals surface area contributed by atoms with Gasteiger partial charge in [0, 0.05) is 0 Å². The van der Waals surface area contributed by atoms with Crippen molar-refractivity contribution < 1.29 is 46.9 Å². The molecule has 0 aliphatic heterocycles. The van der Waals surface area contributed by atoms with Gasteiger partial charge >= 0.3 is 19.9 Å². The number of hydrogen-bond acceptors (Lipinski definition) is 14. The molecule has 2 aromatic heterocycles. The molecule has 0 radical (unpaired) electrons. The van der Waals surface area contributed by atoms with Gasteiger partial charge in [-0.15, -0.1) is 0 Å². The molecule has 0 bridgehead atoms. The molecule has 2 heterocycles. The highest BCUT2D eigenvalue weighted by molar-refractivity contribution is 7.53. The molecule has 0 unspecified atom stereocenters. The van der Waals surface area contributed by atoms with Gasteiger partial charge < -0.3 is 34.0 Å². The van der Waals surface area contributed by atoms with Crippen LogP contribution in [-0.4, -0.2) is 71.1 Å². The number of carbonyl (C=O) groups excluding carboxylic acids is 2. The highest BCUT2D eigenvalue weighted by Crippen LogP contribution is 2.48. The van der Waals surface area contributed by atoms with Gasteiger partial charge in [-0.25, -0.2) is 24.5 Å². The molecule has 16 heteroatoms. The van der Waals surface area contributed by atoms with Crippen molar-refractivity contribution in [3.8, 4) is 0 Å². The third-order valence-electron chi connectivity index (χ3n) is 4.32. The van der Waals surface area contributed by atoms with Gasteiger partial charge in [-0.3, -0.25) is 13.6 Å². The molecule has 0 aliphatic carbocycles. The molecule has 2 aromatic rings. The van der Waals surface area contributed by atoms with E-state index in [1.54, 1.807) is 11.5 Å². The Kier molecular flexibility index (Phi) is 12.0. The number of nitrogens with two attached hydrogens (primary N) is 1. The van der Waals surface area contributed by atoms with Crippen molar-refractivity contribution in [2.45, 2.75) is 47.3 Å². The molecule has 208 valence electrons. The highest BCUT2D eigenvalue weighted by Gasteiger charge is 2.29. The van der Waals surface area contributed by atoms with Gasteiger partial charge in [-0.1, -0.05) is 27.7 Å². The van der Waals surface area contributed by atoms with Crippen molar-refractivity contribution in [3.63, 3.8) is 0 Å². The Morgan fingerprint density at radius 1 is 0.919 bits per heavy atom. The van der Waals surface area contributed by atoms with Crippen LogP contribution in [0.2, 0.25) is 0 Å². The molecule has 0 fully saturated rings. The lowest BCUT2D eigenvalue weighted by Crippen LogP contribution is -2.20. The third kappa shape index (κ3) is 10.9. The number of ether oxygens (including phenoxy) is 5. The van der Waals surface area contributed by atoms with Crippen LogP contribution in [0.4, 0.5) is 15.4 Å². The van der Waals surface area contributed by atoms with Gasteiger partial charge in [0.15, 0.2) is 11.5 Å². The number of imidazole rings is 1. The van der Waals surface area contributed by atoms with Crippen molar-refractivity contribution in [2.75, 3.05) is 38.9 Å². The lowest BCUT2D eigenvalue weighted by molar-refractivity contribution is -0.0317. The van der Waals surface area contributed by atoms with Gasteiger partial charge in [-0.2, -0.15) is 0 Å². The van der Waals surface area contributed by atoms with Crippen LogP contribution < -0.4 is 5.73 Å². The van der Waals surface area contributed by atoms with Crippen molar-refractivity contribution in [1.82, 2.24) is 19.5 Å². The minimum atomic E-state index is -4.07. The van der Waals surface area contributed by atoms with Crippen LogP contribution in [0.5, 0.6) is 0 Å². The van der Waals surface area contributed by atoms with E-state index in [0.717, 1.165) is 0 Å². The van der Waals surface area contributed by atoms with Crippen LogP contribution in [-0.2, 0) is 43.8 Å². The number of rotatable bonds is 15. The zero-order chi connectivity index (χ0) is 27.4. The van der Waals surface area contributed by atoms with Crippen LogP contribution in [0.1, 0.15) is 34.6 Å². The highest BCUT2D eigenvalue weighted by atomic mass is 31.2. The summed E-state index contributed by atoms with van der Waals surface area (Å²) < 4.78 is 50.1. The summed E-state index contributed by atoms with van der Waals surface area (Å²) in [6.45, 7) is 8.17. The fourth-order valence-corrected chi connectivity index (χ4v) is 3.64. The van der Waals surface area contributed by atoms with Crippen LogP contribution in [0.15, 0.2) is 12.7 Å². The van der Waals surface area contributed by atoms with Crippen LogP contribution in [0.3, 0.4) is 0 Å². The van der Waals surface area contributed by atoms with Crippen molar-refractivity contribution in [2.24, 2.45) is 11.8 Å². The SMILES string of the molecule is CC(C)COC(=O)OCOP(=O)(CO[C@H](C)Cn1cnc2c(N)ncnc21)OCOC(=O)OCC(C)C. The molecule has 2 rings (SSSR count). The Morgan fingerprint density at radius 2 is 1.49 bits per heavy atom. The maximum atomic E-state index is 13.2. The summed E-state index contributed by atoms with van der Waals surface area (Å²) in [7, 11) is -4.07. The van der Waals surface area contributed by atoms with Gasteiger partial charge in [0.25, 0.3) is 0 Å². The summed E-state index contributed by atoms with van der Waals surface area (Å²) in [5, 5.41) is 0. The predicted octanol–water partition coefficient (Wildman–Crippen LogP) is 3.53. The molecule has 0 saturated heterocycles. The fraction of sp³-hybridized carbons (Fsp3) is 0.667. The number of anilines is 1. The number of fused-ring (bicyclic) bond motifs is 1. The van der Waals surface area contributed by atoms with Crippen molar-refractivity contribution in [1.29, 1.82) is 0 Å². The Hall–Kier alpha value is -3.00. The zero-order valence-electron chi connectivity index (χ0n) is 21.5. The second-order valence-electron chi connectivity index (χ2n) is 8.74. The molecule has 15 nitrogen and oxygen atoms in total. The first-order valence-electron chi connectivity index (χ1n) is 11.5. The van der Waals surface area contributed by atoms with Crippen molar-refractivity contribution >= 4 is 36.9 Å². The maximum absolute atomic E-state index is 13.2. The first kappa shape index (κ1) is 30.2. The van der Waals surface area contributed by atoms with E-state index in [-0.39, 0.29) is 37.4 Å². The van der Waals surface area contributed by atoms with E-state index in [2.05, 4.69) is 15.0 Å². The Balaban J connectivity index is 1.93. The molecule has 37 heavy (non-hydrogen) atoms. The van der Waals surface area contributed by atoms with E-state index in [9.17, 15) is 14.2 Å². The quantitative estimate of drug-likeness (QED) is 0.194. The van der Waals surface area contributed by atoms with Crippen LogP contribution in [0, 0.1) is 11.8 Å². The minimum absolute atomic E-state index is 0.0981. The molecular formula is C21H34N5O10P. The van der Waals surface area contributed by atoms with E-state index in [1.165, 1.54) is 12.7 Å². The fourth-order valence-electron chi connectivity index (χ4n) is 2.55. The number of carbonyl (C=O) groups is 2. The molecule has 1 atom stereocenters. The van der Waals surface area contributed by atoms with Gasteiger partial charge in [0.05, 0.1) is 32.2 Å². The monoisotopic (exact) mass is 547 g/mol. The minimum Gasteiger partial charge on any atom is -0.434 e. The standard InChI is InChI=1S/C21H34N5O10P/c1-14(2)7-30-20(27)32-11-35-37(29,36-12-33-21(28)31-8-15(3)4)13-34-16(5)6-26-10-25-17-18(22)23-9-24-19(17)26/h9-10,14-16H,6-8,11-13H2,1-5H3,(H2,22,23,24)/t16-/m1/s1. The van der Waals surface area contributed by atoms with Gasteiger partial charge in [0.1, 0.15) is 18.2 Å². The average Bonchev–Trinajstić information content (AvgIpc) is 3.24. The molecular weight excluding hydrogens is 513 g/mol. The Bertz CT molecular complexity index is 1030. The number of nitrogens with zero attached hydrogens (tertiary/aromatic N) is 4. The Morgan fingerprint density at radius 3 is 2.03 bits per heavy atom. The van der Waals surface area contributed by atoms with Crippen LogP contribution in [0.25, 0.3) is 11.2 Å². The molecule has 0 aliphatic rings. The van der Waals surface area contributed by atoms with Gasteiger partial charge in [-0.05, 0) is 18.8 Å². The summed E-state index contributed by atoms with van der Waals surface area (Å²) in [6.07, 6.45) is -0.243. The van der Waals surface area contributed by atoms with E-state index in [4.69, 9.17) is 38.5 Å². The molecule has 2 N–H and O–H groups in total. The summed E-state index contributed by atoms with van der Waals surface area (Å²) in [5.41, 5.74) is 6.74. The van der Waals surface area contributed by atoms with E-state index in [1.807, 2.05) is 27.7 Å². The summed E-state index contributed by atoms with van der Waals surface area (Å²) in [5.74, 6) is 0.435. The zero-order valence-corrected chi connectivity index (χ0v) is 22.4. The van der Waals surface area contributed by atoms with E-state index < -0.39 is 45.9 Å². The smallest absolute Gasteiger partial charge is 0.434 e. The molecule has 0 spiro atoms. The van der Waals surface area contributed by atoms with Gasteiger partial charge in [0.2, 0.25) is 13.6 Å². The molecule has 0 saturated carbocycles. The number of nitrogen functional groups attached to an aromatic ring is 1. The Labute approximate surface area is 214 Å². The lowest BCUT2D eigenvalue weighted by Gasteiger charge is -2.21. The average molecular weight is 548 g/mol. The molecule has 0 aromatic carbocycles. The number of aromatic nitrogens is 4. The summed E-state index contributed by atoms with van der Waals surface area (Å²) in [6, 6.07) is 0. The lowest BCUT2D eigenvalue weighted by atomic mass is 10.2. The second kappa shape index (κ2) is 14.7. The first-order valence-corrected chi connectivity index (χ1v) is 13.2. The normalized spacial score (nSPS) is 12.6. The number of hydrogen-bond donors (Lipinski definition) is 1. The predicted molar refractivity (Wildman–Crippen MR) is 129 cm³/mol. The summed E-state index contributed by atoms with van der Waals surface area (Å²) >= 11 is 0.